The molecule has 0 saturated carbocycles. The van der Waals surface area contributed by atoms with Crippen molar-refractivity contribution in [2.75, 3.05) is 26.7 Å². The van der Waals surface area contributed by atoms with Gasteiger partial charge in [0.15, 0.2) is 0 Å². The third-order valence-corrected chi connectivity index (χ3v) is 4.88. The molecule has 0 unspecified atom stereocenters. The SMILES string of the molecule is CCC(CC)n1ccc(CN2CCC(CCNC)CC2)n1. The van der Waals surface area contributed by atoms with Gasteiger partial charge >= 0.3 is 0 Å². The number of hydrogen-bond donors (Lipinski definition) is 1. The quantitative estimate of drug-likeness (QED) is 0.799. The molecular formula is C17H32N4. The molecule has 0 bridgehead atoms. The minimum atomic E-state index is 0.561. The molecule has 1 fully saturated rings. The number of piperidine rings is 1. The summed E-state index contributed by atoms with van der Waals surface area (Å²) in [6, 6.07) is 2.76. The van der Waals surface area contributed by atoms with E-state index in [0.717, 1.165) is 31.8 Å². The molecule has 2 rings (SSSR count). The maximum atomic E-state index is 4.78. The molecule has 0 amide bonds. The van der Waals surface area contributed by atoms with Crippen LogP contribution in [-0.2, 0) is 6.54 Å². The molecule has 0 aromatic carbocycles. The lowest BCUT2D eigenvalue weighted by Crippen LogP contribution is -2.34. The molecule has 2 heterocycles. The Kier molecular flexibility index (Phi) is 6.71. The summed E-state index contributed by atoms with van der Waals surface area (Å²) in [5, 5.41) is 8.04. The van der Waals surface area contributed by atoms with Crippen molar-refractivity contribution in [3.05, 3.63) is 18.0 Å². The molecule has 4 nitrogen and oxygen atoms in total. The standard InChI is InChI=1S/C17H32N4/c1-4-17(5-2)21-13-9-16(19-21)14-20-11-7-15(8-12-20)6-10-18-3/h9,13,15,17-18H,4-8,10-12,14H2,1-3H3. The second-order valence-electron chi connectivity index (χ2n) is 6.37. The molecule has 1 aliphatic heterocycles. The van der Waals surface area contributed by atoms with Crippen LogP contribution in [0.5, 0.6) is 0 Å². The van der Waals surface area contributed by atoms with Crippen LogP contribution in [0.15, 0.2) is 12.3 Å². The van der Waals surface area contributed by atoms with Crippen LogP contribution in [0.3, 0.4) is 0 Å². The molecule has 0 radical (unpaired) electrons. The minimum Gasteiger partial charge on any atom is -0.320 e. The molecule has 1 aromatic heterocycles. The number of aromatic nitrogens is 2. The number of hydrogen-bond acceptors (Lipinski definition) is 3. The highest BCUT2D eigenvalue weighted by molar-refractivity contribution is 5.00. The molecule has 0 aliphatic carbocycles. The van der Waals surface area contributed by atoms with Gasteiger partial charge < -0.3 is 5.32 Å². The summed E-state index contributed by atoms with van der Waals surface area (Å²) >= 11 is 0. The fraction of sp³-hybridized carbons (Fsp3) is 0.824. The van der Waals surface area contributed by atoms with E-state index in [2.05, 4.69) is 41.0 Å². The zero-order valence-corrected chi connectivity index (χ0v) is 14.0. The van der Waals surface area contributed by atoms with E-state index in [1.165, 1.54) is 38.0 Å². The summed E-state index contributed by atoms with van der Waals surface area (Å²) in [6.45, 7) is 9.12. The maximum absolute atomic E-state index is 4.78. The lowest BCUT2D eigenvalue weighted by Gasteiger charge is -2.31. The van der Waals surface area contributed by atoms with Crippen molar-refractivity contribution in [3.63, 3.8) is 0 Å². The van der Waals surface area contributed by atoms with Crippen LogP contribution >= 0.6 is 0 Å². The fourth-order valence-electron chi connectivity index (χ4n) is 3.34. The number of likely N-dealkylation sites (tertiary alicyclic amines) is 1. The Labute approximate surface area is 129 Å². The molecule has 0 atom stereocenters. The Morgan fingerprint density at radius 2 is 2.00 bits per heavy atom. The molecule has 4 heteroatoms. The summed E-state index contributed by atoms with van der Waals surface area (Å²) in [5.74, 6) is 0.913. The summed E-state index contributed by atoms with van der Waals surface area (Å²) in [5.41, 5.74) is 1.23. The first-order valence-corrected chi connectivity index (χ1v) is 8.67. The number of nitrogens with zero attached hydrogens (tertiary/aromatic N) is 3. The molecule has 1 aliphatic rings. The van der Waals surface area contributed by atoms with Crippen LogP contribution < -0.4 is 5.32 Å². The molecule has 0 spiro atoms. The largest absolute Gasteiger partial charge is 0.320 e. The predicted octanol–water partition coefficient (Wildman–Crippen LogP) is 3.07. The van der Waals surface area contributed by atoms with Gasteiger partial charge in [-0.25, -0.2) is 0 Å². The van der Waals surface area contributed by atoms with Gasteiger partial charge in [0, 0.05) is 12.7 Å². The molecular weight excluding hydrogens is 260 g/mol. The van der Waals surface area contributed by atoms with E-state index in [1.54, 1.807) is 0 Å². The average Bonchev–Trinajstić information content (AvgIpc) is 2.96. The van der Waals surface area contributed by atoms with Crippen molar-refractivity contribution < 1.29 is 0 Å². The van der Waals surface area contributed by atoms with Crippen molar-refractivity contribution in [1.82, 2.24) is 20.0 Å². The highest BCUT2D eigenvalue weighted by atomic mass is 15.3. The first-order valence-electron chi connectivity index (χ1n) is 8.67. The van der Waals surface area contributed by atoms with Gasteiger partial charge in [-0.3, -0.25) is 9.58 Å². The van der Waals surface area contributed by atoms with E-state index in [4.69, 9.17) is 5.10 Å². The summed E-state index contributed by atoms with van der Waals surface area (Å²) < 4.78 is 2.16. The van der Waals surface area contributed by atoms with Crippen molar-refractivity contribution in [1.29, 1.82) is 0 Å². The zero-order valence-electron chi connectivity index (χ0n) is 14.0. The van der Waals surface area contributed by atoms with Crippen LogP contribution in [0.4, 0.5) is 0 Å². The van der Waals surface area contributed by atoms with E-state index < -0.39 is 0 Å². The summed E-state index contributed by atoms with van der Waals surface area (Å²) in [4.78, 5) is 2.56. The summed E-state index contributed by atoms with van der Waals surface area (Å²) in [6.07, 6.45) is 8.49. The Morgan fingerprint density at radius 1 is 1.29 bits per heavy atom. The van der Waals surface area contributed by atoms with Crippen LogP contribution in [0.2, 0.25) is 0 Å². The van der Waals surface area contributed by atoms with Gasteiger partial charge in [0.2, 0.25) is 0 Å². The first kappa shape index (κ1) is 16.5. The van der Waals surface area contributed by atoms with E-state index in [-0.39, 0.29) is 0 Å². The summed E-state index contributed by atoms with van der Waals surface area (Å²) in [7, 11) is 2.05. The normalized spacial score (nSPS) is 17.7. The second kappa shape index (κ2) is 8.54. The highest BCUT2D eigenvalue weighted by Gasteiger charge is 2.19. The van der Waals surface area contributed by atoms with Crippen LogP contribution in [0.25, 0.3) is 0 Å². The van der Waals surface area contributed by atoms with E-state index >= 15 is 0 Å². The van der Waals surface area contributed by atoms with Crippen LogP contribution in [0.1, 0.15) is 57.7 Å². The van der Waals surface area contributed by atoms with Crippen molar-refractivity contribution in [3.8, 4) is 0 Å². The Hall–Kier alpha value is -0.870. The van der Waals surface area contributed by atoms with Crippen molar-refractivity contribution >= 4 is 0 Å². The van der Waals surface area contributed by atoms with Crippen molar-refractivity contribution in [2.24, 2.45) is 5.92 Å². The van der Waals surface area contributed by atoms with Gasteiger partial charge in [0.05, 0.1) is 11.7 Å². The van der Waals surface area contributed by atoms with E-state index in [0.29, 0.717) is 6.04 Å². The smallest absolute Gasteiger partial charge is 0.0764 e. The monoisotopic (exact) mass is 292 g/mol. The first-order chi connectivity index (χ1) is 10.3. The average molecular weight is 292 g/mol. The van der Waals surface area contributed by atoms with Gasteiger partial charge in [0.25, 0.3) is 0 Å². The minimum absolute atomic E-state index is 0.561. The second-order valence-corrected chi connectivity index (χ2v) is 6.37. The van der Waals surface area contributed by atoms with Crippen LogP contribution in [0, 0.1) is 5.92 Å². The molecule has 120 valence electrons. The molecule has 1 aromatic rings. The number of nitrogens with one attached hydrogen (secondary N) is 1. The van der Waals surface area contributed by atoms with Gasteiger partial charge in [-0.05, 0) is 70.8 Å². The van der Waals surface area contributed by atoms with Crippen LogP contribution in [-0.4, -0.2) is 41.4 Å². The van der Waals surface area contributed by atoms with Gasteiger partial charge in [-0.15, -0.1) is 0 Å². The predicted molar refractivity (Wildman–Crippen MR) is 88.4 cm³/mol. The van der Waals surface area contributed by atoms with Gasteiger partial charge in [0.1, 0.15) is 0 Å². The van der Waals surface area contributed by atoms with Gasteiger partial charge in [-0.1, -0.05) is 13.8 Å². The highest BCUT2D eigenvalue weighted by Crippen LogP contribution is 2.21. The van der Waals surface area contributed by atoms with Crippen molar-refractivity contribution in [2.45, 2.75) is 58.5 Å². The van der Waals surface area contributed by atoms with E-state index in [1.807, 2.05) is 7.05 Å². The van der Waals surface area contributed by atoms with E-state index in [9.17, 15) is 0 Å². The molecule has 21 heavy (non-hydrogen) atoms. The van der Waals surface area contributed by atoms with Gasteiger partial charge in [-0.2, -0.15) is 5.10 Å². The lowest BCUT2D eigenvalue weighted by atomic mass is 9.93. The fourth-order valence-corrected chi connectivity index (χ4v) is 3.34. The molecule has 1 saturated heterocycles. The third-order valence-electron chi connectivity index (χ3n) is 4.88. The third kappa shape index (κ3) is 4.82. The maximum Gasteiger partial charge on any atom is 0.0764 e. The molecule has 1 N–H and O–H groups in total. The Bertz CT molecular complexity index is 389. The Morgan fingerprint density at radius 3 is 2.62 bits per heavy atom. The topological polar surface area (TPSA) is 33.1 Å². The Balaban J connectivity index is 1.78. The number of rotatable bonds is 8. The lowest BCUT2D eigenvalue weighted by molar-refractivity contribution is 0.170. The zero-order chi connectivity index (χ0) is 15.1.